The minimum Gasteiger partial charge on any atom is -0.488 e. The molecule has 5 nitrogen and oxygen atoms in total. The summed E-state index contributed by atoms with van der Waals surface area (Å²) >= 11 is 0. The van der Waals surface area contributed by atoms with E-state index in [1.54, 1.807) is 11.6 Å². The summed E-state index contributed by atoms with van der Waals surface area (Å²) in [4.78, 5) is 25.6. The Morgan fingerprint density at radius 2 is 2.14 bits per heavy atom. The molecule has 2 heterocycles. The van der Waals surface area contributed by atoms with Gasteiger partial charge < -0.3 is 14.2 Å². The van der Waals surface area contributed by atoms with Crippen molar-refractivity contribution in [3.05, 3.63) is 28.2 Å². The number of hydrogen-bond acceptors (Lipinski definition) is 3. The number of amides is 1. The molecule has 1 atom stereocenters. The summed E-state index contributed by atoms with van der Waals surface area (Å²) in [6, 6.07) is 3.37. The third-order valence-corrected chi connectivity index (χ3v) is 3.86. The SMILES string of the molecule is Cc1cc(OC2CCN(C(=O)CC(C)C)C2)cc(=O)n1C. The predicted molar refractivity (Wildman–Crippen MR) is 81.5 cm³/mol. The van der Waals surface area contributed by atoms with Gasteiger partial charge in [0, 0.05) is 38.2 Å². The number of nitrogens with zero attached hydrogens (tertiary/aromatic N) is 2. The normalized spacial score (nSPS) is 18.3. The first-order valence-electron chi connectivity index (χ1n) is 7.49. The number of hydrogen-bond donors (Lipinski definition) is 0. The highest BCUT2D eigenvalue weighted by atomic mass is 16.5. The maximum atomic E-state index is 12.0. The van der Waals surface area contributed by atoms with E-state index in [9.17, 15) is 9.59 Å². The van der Waals surface area contributed by atoms with Crippen molar-refractivity contribution in [2.24, 2.45) is 13.0 Å². The van der Waals surface area contributed by atoms with E-state index in [0.29, 0.717) is 24.6 Å². The maximum absolute atomic E-state index is 12.0. The molecule has 1 aromatic heterocycles. The molecule has 1 unspecified atom stereocenters. The molecule has 1 aliphatic rings. The van der Waals surface area contributed by atoms with Crippen LogP contribution in [0.3, 0.4) is 0 Å². The number of carbonyl (C=O) groups is 1. The topological polar surface area (TPSA) is 51.5 Å². The van der Waals surface area contributed by atoms with Crippen LogP contribution in [0.25, 0.3) is 0 Å². The lowest BCUT2D eigenvalue weighted by Gasteiger charge is -2.18. The molecule has 1 aromatic rings. The second-order valence-electron chi connectivity index (χ2n) is 6.20. The van der Waals surface area contributed by atoms with E-state index in [2.05, 4.69) is 0 Å². The third kappa shape index (κ3) is 3.86. The highest BCUT2D eigenvalue weighted by Crippen LogP contribution is 2.19. The summed E-state index contributed by atoms with van der Waals surface area (Å²) < 4.78 is 7.45. The molecule has 0 N–H and O–H groups in total. The lowest BCUT2D eigenvalue weighted by Crippen LogP contribution is -2.31. The Labute approximate surface area is 125 Å². The fraction of sp³-hybridized carbons (Fsp3) is 0.625. The van der Waals surface area contributed by atoms with Gasteiger partial charge in [0.25, 0.3) is 5.56 Å². The standard InChI is InChI=1S/C16H24N2O3/c1-11(2)7-16(20)18-6-5-13(10-18)21-14-8-12(3)17(4)15(19)9-14/h8-9,11,13H,5-7,10H2,1-4H3. The Bertz CT molecular complexity index is 577. The number of pyridine rings is 1. The molecule has 116 valence electrons. The van der Waals surface area contributed by atoms with E-state index in [0.717, 1.165) is 18.7 Å². The zero-order valence-electron chi connectivity index (χ0n) is 13.3. The number of rotatable bonds is 4. The predicted octanol–water partition coefficient (Wildman–Crippen LogP) is 1.72. The van der Waals surface area contributed by atoms with E-state index in [1.807, 2.05) is 31.7 Å². The van der Waals surface area contributed by atoms with E-state index >= 15 is 0 Å². The highest BCUT2D eigenvalue weighted by molar-refractivity contribution is 5.76. The average Bonchev–Trinajstić information content (AvgIpc) is 2.83. The second-order valence-corrected chi connectivity index (χ2v) is 6.20. The lowest BCUT2D eigenvalue weighted by atomic mass is 10.1. The summed E-state index contributed by atoms with van der Waals surface area (Å²) in [6.45, 7) is 7.32. The van der Waals surface area contributed by atoms with Crippen molar-refractivity contribution in [2.75, 3.05) is 13.1 Å². The average molecular weight is 292 g/mol. The third-order valence-electron chi connectivity index (χ3n) is 3.86. The van der Waals surface area contributed by atoms with Crippen LogP contribution in [0, 0.1) is 12.8 Å². The summed E-state index contributed by atoms with van der Waals surface area (Å²) in [5, 5.41) is 0. The number of carbonyl (C=O) groups excluding carboxylic acids is 1. The highest BCUT2D eigenvalue weighted by Gasteiger charge is 2.27. The van der Waals surface area contributed by atoms with Gasteiger partial charge in [-0.05, 0) is 18.9 Å². The van der Waals surface area contributed by atoms with Crippen LogP contribution in [0.5, 0.6) is 5.75 Å². The maximum Gasteiger partial charge on any atom is 0.254 e. The molecule has 1 saturated heterocycles. The van der Waals surface area contributed by atoms with Crippen LogP contribution in [0.15, 0.2) is 16.9 Å². The van der Waals surface area contributed by atoms with E-state index in [4.69, 9.17) is 4.74 Å². The van der Waals surface area contributed by atoms with Crippen molar-refractivity contribution in [3.63, 3.8) is 0 Å². The van der Waals surface area contributed by atoms with Gasteiger partial charge in [-0.2, -0.15) is 0 Å². The first-order chi connectivity index (χ1) is 9.86. The van der Waals surface area contributed by atoms with Gasteiger partial charge in [-0.15, -0.1) is 0 Å². The van der Waals surface area contributed by atoms with Crippen molar-refractivity contribution in [2.45, 2.75) is 39.7 Å². The summed E-state index contributed by atoms with van der Waals surface area (Å²) in [5.41, 5.74) is 0.791. The molecule has 0 aliphatic carbocycles. The van der Waals surface area contributed by atoms with Crippen molar-refractivity contribution >= 4 is 5.91 Å². The zero-order chi connectivity index (χ0) is 15.6. The Morgan fingerprint density at radius 3 is 2.76 bits per heavy atom. The Kier molecular flexibility index (Phi) is 4.70. The fourth-order valence-corrected chi connectivity index (χ4v) is 2.53. The van der Waals surface area contributed by atoms with Gasteiger partial charge in [0.05, 0.1) is 6.54 Å². The smallest absolute Gasteiger partial charge is 0.254 e. The van der Waals surface area contributed by atoms with Gasteiger partial charge in [0.15, 0.2) is 0 Å². The molecule has 0 saturated carbocycles. The molecule has 1 fully saturated rings. The monoisotopic (exact) mass is 292 g/mol. The van der Waals surface area contributed by atoms with Gasteiger partial charge in [0.2, 0.25) is 5.91 Å². The molecule has 0 aromatic carbocycles. The van der Waals surface area contributed by atoms with Gasteiger partial charge in [0.1, 0.15) is 11.9 Å². The van der Waals surface area contributed by atoms with Gasteiger partial charge in [-0.25, -0.2) is 0 Å². The first-order valence-corrected chi connectivity index (χ1v) is 7.49. The molecule has 0 radical (unpaired) electrons. The number of likely N-dealkylation sites (tertiary alicyclic amines) is 1. The number of aromatic nitrogens is 1. The van der Waals surface area contributed by atoms with E-state index in [-0.39, 0.29) is 17.6 Å². The van der Waals surface area contributed by atoms with Crippen LogP contribution in [0.4, 0.5) is 0 Å². The Morgan fingerprint density at radius 1 is 1.43 bits per heavy atom. The molecular formula is C16H24N2O3. The molecule has 21 heavy (non-hydrogen) atoms. The summed E-state index contributed by atoms with van der Waals surface area (Å²) in [7, 11) is 1.74. The van der Waals surface area contributed by atoms with Crippen molar-refractivity contribution < 1.29 is 9.53 Å². The molecule has 0 spiro atoms. The van der Waals surface area contributed by atoms with Crippen LogP contribution >= 0.6 is 0 Å². The van der Waals surface area contributed by atoms with Crippen molar-refractivity contribution in [1.82, 2.24) is 9.47 Å². The molecule has 0 bridgehead atoms. The van der Waals surface area contributed by atoms with Gasteiger partial charge >= 0.3 is 0 Å². The van der Waals surface area contributed by atoms with E-state index in [1.165, 1.54) is 6.07 Å². The quantitative estimate of drug-likeness (QED) is 0.849. The Balaban J connectivity index is 1.97. The molecule has 1 amide bonds. The summed E-state index contributed by atoms with van der Waals surface area (Å²) in [5.74, 6) is 1.16. The van der Waals surface area contributed by atoms with Gasteiger partial charge in [-0.3, -0.25) is 9.59 Å². The molecular weight excluding hydrogens is 268 g/mol. The summed E-state index contributed by atoms with van der Waals surface area (Å²) in [6.07, 6.45) is 1.38. The number of ether oxygens (including phenoxy) is 1. The van der Waals surface area contributed by atoms with Crippen molar-refractivity contribution in [1.29, 1.82) is 0 Å². The molecule has 5 heteroatoms. The van der Waals surface area contributed by atoms with Crippen LogP contribution in [0.1, 0.15) is 32.4 Å². The first kappa shape index (κ1) is 15.6. The minimum absolute atomic E-state index is 0.0207. The van der Waals surface area contributed by atoms with Crippen molar-refractivity contribution in [3.8, 4) is 5.75 Å². The zero-order valence-corrected chi connectivity index (χ0v) is 13.3. The van der Waals surface area contributed by atoms with E-state index < -0.39 is 0 Å². The largest absolute Gasteiger partial charge is 0.488 e. The fourth-order valence-electron chi connectivity index (χ4n) is 2.53. The van der Waals surface area contributed by atoms with Crippen LogP contribution < -0.4 is 10.3 Å². The lowest BCUT2D eigenvalue weighted by molar-refractivity contribution is -0.131. The van der Waals surface area contributed by atoms with Crippen LogP contribution in [0.2, 0.25) is 0 Å². The van der Waals surface area contributed by atoms with Gasteiger partial charge in [-0.1, -0.05) is 13.8 Å². The van der Waals surface area contributed by atoms with Crippen LogP contribution in [-0.2, 0) is 11.8 Å². The molecule has 2 rings (SSSR count). The van der Waals surface area contributed by atoms with Crippen LogP contribution in [-0.4, -0.2) is 34.6 Å². The minimum atomic E-state index is -0.0734. The second kappa shape index (κ2) is 6.33. The number of aryl methyl sites for hydroxylation is 1. The Hall–Kier alpha value is -1.78. The molecule has 1 aliphatic heterocycles.